The summed E-state index contributed by atoms with van der Waals surface area (Å²) < 4.78 is 0. The van der Waals surface area contributed by atoms with E-state index in [1.165, 1.54) is 12.3 Å². The molecule has 0 saturated carbocycles. The first-order valence-corrected chi connectivity index (χ1v) is 8.14. The van der Waals surface area contributed by atoms with E-state index >= 15 is 0 Å². The third-order valence-corrected chi connectivity index (χ3v) is 6.86. The highest BCUT2D eigenvalue weighted by Gasteiger charge is 2.15. The normalized spacial score (nSPS) is 17.4. The summed E-state index contributed by atoms with van der Waals surface area (Å²) in [4.78, 5) is 0. The van der Waals surface area contributed by atoms with Crippen molar-refractivity contribution in [2.45, 2.75) is 53.9 Å². The SMILES string of the molecule is CC(PCC(C)(C)C)PCC(C)(C)C. The largest absolute Gasteiger partial charge is 0.114 e. The van der Waals surface area contributed by atoms with Gasteiger partial charge >= 0.3 is 0 Å². The Labute approximate surface area is 94.6 Å². The van der Waals surface area contributed by atoms with Crippen molar-refractivity contribution in [3.8, 4) is 0 Å². The Morgan fingerprint density at radius 3 is 1.29 bits per heavy atom. The molecule has 2 atom stereocenters. The van der Waals surface area contributed by atoms with E-state index in [0.717, 1.165) is 22.6 Å². The van der Waals surface area contributed by atoms with Crippen LogP contribution in [0, 0.1) is 10.8 Å². The Morgan fingerprint density at radius 1 is 0.786 bits per heavy atom. The van der Waals surface area contributed by atoms with Gasteiger partial charge in [0.2, 0.25) is 0 Å². The molecule has 0 fully saturated rings. The summed E-state index contributed by atoms with van der Waals surface area (Å²) in [7, 11) is 2.31. The molecule has 0 nitrogen and oxygen atoms in total. The molecule has 0 aromatic rings. The molecule has 0 aromatic heterocycles. The Balaban J connectivity index is 3.62. The van der Waals surface area contributed by atoms with Crippen LogP contribution in [-0.4, -0.2) is 17.7 Å². The summed E-state index contributed by atoms with van der Waals surface area (Å²) in [6.07, 6.45) is 2.79. The summed E-state index contributed by atoms with van der Waals surface area (Å²) in [5, 5.41) is 0.952. The summed E-state index contributed by atoms with van der Waals surface area (Å²) >= 11 is 0. The molecule has 0 aliphatic carbocycles. The van der Waals surface area contributed by atoms with Gasteiger partial charge in [-0.25, -0.2) is 0 Å². The molecule has 0 saturated heterocycles. The van der Waals surface area contributed by atoms with Crippen LogP contribution in [0.25, 0.3) is 0 Å². The van der Waals surface area contributed by atoms with Crippen LogP contribution in [0.15, 0.2) is 0 Å². The van der Waals surface area contributed by atoms with E-state index < -0.39 is 0 Å². The molecule has 0 aliphatic heterocycles. The molecule has 0 bridgehead atoms. The fourth-order valence-electron chi connectivity index (χ4n) is 0.991. The van der Waals surface area contributed by atoms with Crippen molar-refractivity contribution in [1.82, 2.24) is 0 Å². The summed E-state index contributed by atoms with van der Waals surface area (Å²) in [6.45, 7) is 16.5. The molecular weight excluding hydrogens is 206 g/mol. The van der Waals surface area contributed by atoms with E-state index in [0.29, 0.717) is 10.8 Å². The van der Waals surface area contributed by atoms with E-state index in [1.807, 2.05) is 0 Å². The molecule has 2 heteroatoms. The predicted octanol–water partition coefficient (Wildman–Crippen LogP) is 4.78. The monoisotopic (exact) mass is 234 g/mol. The molecule has 0 aliphatic rings. The van der Waals surface area contributed by atoms with Crippen molar-refractivity contribution >= 4 is 17.2 Å². The van der Waals surface area contributed by atoms with Crippen LogP contribution in [0.5, 0.6) is 0 Å². The van der Waals surface area contributed by atoms with Gasteiger partial charge < -0.3 is 0 Å². The molecule has 0 N–H and O–H groups in total. The first-order valence-electron chi connectivity index (χ1n) is 5.57. The Bertz CT molecular complexity index is 133. The highest BCUT2D eigenvalue weighted by molar-refractivity contribution is 7.57. The highest BCUT2D eigenvalue weighted by Crippen LogP contribution is 2.40. The second-order valence-corrected chi connectivity index (χ2v) is 10.4. The minimum Gasteiger partial charge on any atom is -0.114 e. The Kier molecular flexibility index (Phi) is 6.17. The van der Waals surface area contributed by atoms with Gasteiger partial charge in [0.25, 0.3) is 0 Å². The molecular formula is C12H28P2. The molecule has 0 amide bonds. The van der Waals surface area contributed by atoms with Gasteiger partial charge in [-0.3, -0.25) is 0 Å². The first kappa shape index (κ1) is 14.9. The van der Waals surface area contributed by atoms with Gasteiger partial charge in [-0.05, 0) is 28.6 Å². The van der Waals surface area contributed by atoms with Crippen LogP contribution < -0.4 is 0 Å². The fraction of sp³-hybridized carbons (Fsp3) is 1.00. The Hall–Kier alpha value is 0.860. The number of hydrogen-bond donors (Lipinski definition) is 0. The van der Waals surface area contributed by atoms with E-state index in [4.69, 9.17) is 0 Å². The highest BCUT2D eigenvalue weighted by atomic mass is 31.1. The average molecular weight is 234 g/mol. The molecule has 0 spiro atoms. The lowest BCUT2D eigenvalue weighted by Gasteiger charge is -2.24. The van der Waals surface area contributed by atoms with Gasteiger partial charge in [-0.15, -0.1) is 17.2 Å². The zero-order valence-corrected chi connectivity index (χ0v) is 13.0. The molecule has 0 rings (SSSR count). The minimum atomic E-state index is 0.527. The Morgan fingerprint density at radius 2 is 1.07 bits per heavy atom. The topological polar surface area (TPSA) is 0 Å². The number of rotatable bonds is 4. The first-order chi connectivity index (χ1) is 6.10. The molecule has 0 radical (unpaired) electrons. The summed E-state index contributed by atoms with van der Waals surface area (Å²) in [5.41, 5.74) is 1.05. The van der Waals surface area contributed by atoms with Crippen LogP contribution in [0.2, 0.25) is 0 Å². The van der Waals surface area contributed by atoms with Gasteiger partial charge in [0.1, 0.15) is 0 Å². The van der Waals surface area contributed by atoms with Crippen LogP contribution in [-0.2, 0) is 0 Å². The predicted molar refractivity (Wildman–Crippen MR) is 74.7 cm³/mol. The van der Waals surface area contributed by atoms with E-state index in [1.54, 1.807) is 0 Å². The second kappa shape index (κ2) is 5.81. The fourth-order valence-corrected chi connectivity index (χ4v) is 4.02. The third-order valence-electron chi connectivity index (χ3n) is 1.88. The lowest BCUT2D eigenvalue weighted by atomic mass is 10.0. The van der Waals surface area contributed by atoms with Crippen molar-refractivity contribution in [2.24, 2.45) is 10.8 Å². The quantitative estimate of drug-likeness (QED) is 0.614. The van der Waals surface area contributed by atoms with Gasteiger partial charge in [0.15, 0.2) is 0 Å². The van der Waals surface area contributed by atoms with Crippen LogP contribution in [0.1, 0.15) is 48.5 Å². The van der Waals surface area contributed by atoms with Crippen molar-refractivity contribution in [2.75, 3.05) is 12.3 Å². The second-order valence-electron chi connectivity index (χ2n) is 6.60. The van der Waals surface area contributed by atoms with Crippen molar-refractivity contribution in [3.05, 3.63) is 0 Å². The molecule has 0 heterocycles. The third kappa shape index (κ3) is 10.9. The minimum absolute atomic E-state index is 0.527. The van der Waals surface area contributed by atoms with Crippen molar-refractivity contribution < 1.29 is 0 Å². The summed E-state index contributed by atoms with van der Waals surface area (Å²) in [6, 6.07) is 0. The zero-order chi connectivity index (χ0) is 11.4. The maximum absolute atomic E-state index is 2.42. The van der Waals surface area contributed by atoms with Crippen LogP contribution in [0.4, 0.5) is 0 Å². The lowest BCUT2D eigenvalue weighted by molar-refractivity contribution is 0.477. The number of hydrogen-bond acceptors (Lipinski definition) is 0. The molecule has 14 heavy (non-hydrogen) atoms. The van der Waals surface area contributed by atoms with E-state index in [2.05, 4.69) is 48.5 Å². The summed E-state index contributed by atoms with van der Waals surface area (Å²) in [5.74, 6) is 0. The van der Waals surface area contributed by atoms with Crippen LogP contribution in [0.3, 0.4) is 0 Å². The van der Waals surface area contributed by atoms with Gasteiger partial charge in [0, 0.05) is 0 Å². The lowest BCUT2D eigenvalue weighted by Crippen LogP contribution is -2.11. The standard InChI is InChI=1S/C12H28P2/c1-10(13-8-11(2,3)4)14-9-12(5,6)7/h10,13-14H,8-9H2,1-7H3. The molecule has 86 valence electrons. The van der Waals surface area contributed by atoms with Crippen molar-refractivity contribution in [3.63, 3.8) is 0 Å². The molecule has 0 aromatic carbocycles. The van der Waals surface area contributed by atoms with Gasteiger partial charge in [-0.2, -0.15) is 0 Å². The van der Waals surface area contributed by atoms with E-state index in [9.17, 15) is 0 Å². The van der Waals surface area contributed by atoms with E-state index in [-0.39, 0.29) is 0 Å². The average Bonchev–Trinajstić information content (AvgIpc) is 1.94. The zero-order valence-electron chi connectivity index (χ0n) is 11.0. The van der Waals surface area contributed by atoms with Crippen molar-refractivity contribution in [1.29, 1.82) is 0 Å². The molecule has 2 unspecified atom stereocenters. The maximum Gasteiger partial charge on any atom is -0.00892 e. The maximum atomic E-state index is 2.42. The smallest absolute Gasteiger partial charge is 0.00892 e. The van der Waals surface area contributed by atoms with Gasteiger partial charge in [-0.1, -0.05) is 48.5 Å². The van der Waals surface area contributed by atoms with Crippen LogP contribution >= 0.6 is 17.2 Å². The van der Waals surface area contributed by atoms with Gasteiger partial charge in [0.05, 0.1) is 0 Å².